The van der Waals surface area contributed by atoms with Crippen LogP contribution in [-0.2, 0) is 10.2 Å². The van der Waals surface area contributed by atoms with E-state index in [4.69, 9.17) is 9.47 Å². The van der Waals surface area contributed by atoms with Crippen LogP contribution in [0, 0.1) is 11.3 Å². The Balaban J connectivity index is 1.48. The second-order valence-corrected chi connectivity index (χ2v) is 10.2. The molecule has 7 heteroatoms. The van der Waals surface area contributed by atoms with Crippen LogP contribution in [-0.4, -0.2) is 30.2 Å². The quantitative estimate of drug-likeness (QED) is 0.481. The number of anilines is 1. The molecule has 3 aromatic rings. The third kappa shape index (κ3) is 3.88. The number of aliphatic carboxylic acids is 1. The standard InChI is InChI=1S/C31H28N2O5/c32-19-31(14-4-1-5-15-31)21-9-11-22(12-10-21)33-28(20-8-13-25-26(18-20)38-17-16-37-25)27(30(35)36)23-6-2-3-7-24(23)29(33)34/h2-3,6-13,18,27-28H,1,4-5,14-17H2,(H,35,36). The molecule has 192 valence electrons. The molecule has 0 saturated heterocycles. The topological polar surface area (TPSA) is 99.9 Å². The summed E-state index contributed by atoms with van der Waals surface area (Å²) in [7, 11) is 0. The molecular weight excluding hydrogens is 480 g/mol. The first-order valence-electron chi connectivity index (χ1n) is 13.1. The van der Waals surface area contributed by atoms with Crippen molar-refractivity contribution in [1.29, 1.82) is 5.26 Å². The number of ether oxygens (including phenoxy) is 2. The van der Waals surface area contributed by atoms with Crippen molar-refractivity contribution >= 4 is 17.6 Å². The minimum Gasteiger partial charge on any atom is -0.486 e. The molecular formula is C31H28N2O5. The molecule has 2 atom stereocenters. The zero-order valence-electron chi connectivity index (χ0n) is 20.9. The zero-order chi connectivity index (χ0) is 26.3. The van der Waals surface area contributed by atoms with Crippen LogP contribution in [0.25, 0.3) is 0 Å². The number of benzene rings is 3. The van der Waals surface area contributed by atoms with Crippen LogP contribution < -0.4 is 14.4 Å². The maximum atomic E-state index is 14.0. The van der Waals surface area contributed by atoms with Crippen LogP contribution in [0.3, 0.4) is 0 Å². The summed E-state index contributed by atoms with van der Waals surface area (Å²) < 4.78 is 11.5. The summed E-state index contributed by atoms with van der Waals surface area (Å²) in [5, 5.41) is 20.5. The molecule has 6 rings (SSSR count). The lowest BCUT2D eigenvalue weighted by Gasteiger charge is -2.41. The highest BCUT2D eigenvalue weighted by molar-refractivity contribution is 6.11. The van der Waals surface area contributed by atoms with Crippen LogP contribution in [0.1, 0.15) is 71.1 Å². The number of nitrogens with zero attached hydrogens (tertiary/aromatic N) is 2. The number of rotatable bonds is 4. The number of amides is 1. The van der Waals surface area contributed by atoms with Gasteiger partial charge in [0.25, 0.3) is 5.91 Å². The van der Waals surface area contributed by atoms with Gasteiger partial charge < -0.3 is 14.6 Å². The van der Waals surface area contributed by atoms with Crippen molar-refractivity contribution in [3.63, 3.8) is 0 Å². The Morgan fingerprint density at radius 1 is 0.947 bits per heavy atom. The van der Waals surface area contributed by atoms with Gasteiger partial charge in [0.15, 0.2) is 11.5 Å². The van der Waals surface area contributed by atoms with Gasteiger partial charge in [-0.2, -0.15) is 5.26 Å². The largest absolute Gasteiger partial charge is 0.486 e. The Hall–Kier alpha value is -4.31. The molecule has 2 heterocycles. The van der Waals surface area contributed by atoms with Gasteiger partial charge in [0.05, 0.1) is 17.5 Å². The van der Waals surface area contributed by atoms with Gasteiger partial charge in [-0.05, 0) is 59.9 Å². The molecule has 1 saturated carbocycles. The van der Waals surface area contributed by atoms with E-state index >= 15 is 0 Å². The summed E-state index contributed by atoms with van der Waals surface area (Å²) in [6, 6.07) is 21.6. The third-order valence-electron chi connectivity index (χ3n) is 8.13. The van der Waals surface area contributed by atoms with Gasteiger partial charge in [-0.25, -0.2) is 0 Å². The lowest BCUT2D eigenvalue weighted by Crippen LogP contribution is -2.45. The highest BCUT2D eigenvalue weighted by Crippen LogP contribution is 2.47. The molecule has 1 aliphatic carbocycles. The lowest BCUT2D eigenvalue weighted by molar-refractivity contribution is -0.139. The second-order valence-electron chi connectivity index (χ2n) is 10.2. The number of hydrogen-bond donors (Lipinski definition) is 1. The number of nitriles is 1. The SMILES string of the molecule is N#CC1(c2ccc(N3C(=O)c4ccccc4C(C(=O)O)C3c3ccc4c(c3)OCCO4)cc2)CCCCC1. The van der Waals surface area contributed by atoms with Gasteiger partial charge in [0, 0.05) is 11.3 Å². The van der Waals surface area contributed by atoms with E-state index < -0.39 is 23.3 Å². The van der Waals surface area contributed by atoms with Gasteiger partial charge in [0.1, 0.15) is 19.1 Å². The van der Waals surface area contributed by atoms with Crippen LogP contribution in [0.2, 0.25) is 0 Å². The van der Waals surface area contributed by atoms with E-state index in [1.807, 2.05) is 30.3 Å². The minimum atomic E-state index is -1.02. The molecule has 1 fully saturated rings. The van der Waals surface area contributed by atoms with E-state index in [0.717, 1.165) is 37.7 Å². The molecule has 0 bridgehead atoms. The Morgan fingerprint density at radius 2 is 1.66 bits per heavy atom. The van der Waals surface area contributed by atoms with Crippen molar-refractivity contribution in [2.75, 3.05) is 18.1 Å². The van der Waals surface area contributed by atoms with Crippen LogP contribution >= 0.6 is 0 Å². The Kier molecular flexibility index (Phi) is 6.03. The summed E-state index contributed by atoms with van der Waals surface area (Å²) in [5.41, 5.74) is 2.52. The second kappa shape index (κ2) is 9.53. The average Bonchev–Trinajstić information content (AvgIpc) is 2.97. The van der Waals surface area contributed by atoms with Crippen LogP contribution in [0.5, 0.6) is 11.5 Å². The Morgan fingerprint density at radius 3 is 2.37 bits per heavy atom. The van der Waals surface area contributed by atoms with Crippen LogP contribution in [0.15, 0.2) is 66.7 Å². The number of carbonyl (C=O) groups excluding carboxylic acids is 1. The lowest BCUT2D eigenvalue weighted by atomic mass is 9.70. The maximum Gasteiger partial charge on any atom is 0.313 e. The van der Waals surface area contributed by atoms with Gasteiger partial charge in [0.2, 0.25) is 0 Å². The molecule has 38 heavy (non-hydrogen) atoms. The molecule has 0 aromatic heterocycles. The van der Waals surface area contributed by atoms with Gasteiger partial charge in [-0.15, -0.1) is 0 Å². The van der Waals surface area contributed by atoms with E-state index in [1.165, 1.54) is 0 Å². The van der Waals surface area contributed by atoms with Crippen molar-refractivity contribution < 1.29 is 24.2 Å². The molecule has 1 amide bonds. The van der Waals surface area contributed by atoms with Crippen molar-refractivity contribution in [3.8, 4) is 17.6 Å². The van der Waals surface area contributed by atoms with Crippen molar-refractivity contribution in [2.45, 2.75) is 49.5 Å². The predicted octanol–water partition coefficient (Wildman–Crippen LogP) is 5.75. The highest BCUT2D eigenvalue weighted by atomic mass is 16.6. The minimum absolute atomic E-state index is 0.265. The first-order chi connectivity index (χ1) is 18.5. The first-order valence-corrected chi connectivity index (χ1v) is 13.1. The van der Waals surface area contributed by atoms with Crippen molar-refractivity contribution in [2.24, 2.45) is 0 Å². The fourth-order valence-corrected chi connectivity index (χ4v) is 6.23. The Labute approximate surface area is 221 Å². The molecule has 0 radical (unpaired) electrons. The highest BCUT2D eigenvalue weighted by Gasteiger charge is 2.45. The molecule has 0 spiro atoms. The summed E-state index contributed by atoms with van der Waals surface area (Å²) in [4.78, 5) is 28.4. The van der Waals surface area contributed by atoms with Crippen molar-refractivity contribution in [3.05, 3.63) is 89.0 Å². The zero-order valence-corrected chi connectivity index (χ0v) is 20.9. The Bertz CT molecular complexity index is 1440. The number of hydrogen-bond acceptors (Lipinski definition) is 5. The molecule has 3 aliphatic rings. The van der Waals surface area contributed by atoms with E-state index in [0.29, 0.717) is 47.1 Å². The number of fused-ring (bicyclic) bond motifs is 2. The molecule has 1 N–H and O–H groups in total. The number of carboxylic acids is 1. The summed E-state index contributed by atoms with van der Waals surface area (Å²) in [5.74, 6) is -1.14. The van der Waals surface area contributed by atoms with E-state index in [2.05, 4.69) is 6.07 Å². The van der Waals surface area contributed by atoms with Gasteiger partial charge in [-0.1, -0.05) is 55.7 Å². The number of carboxylic acid groups (broad SMARTS) is 1. The van der Waals surface area contributed by atoms with E-state index in [9.17, 15) is 20.0 Å². The summed E-state index contributed by atoms with van der Waals surface area (Å²) >= 11 is 0. The molecule has 2 aliphatic heterocycles. The predicted molar refractivity (Wildman–Crippen MR) is 141 cm³/mol. The smallest absolute Gasteiger partial charge is 0.313 e. The van der Waals surface area contributed by atoms with Gasteiger partial charge >= 0.3 is 5.97 Å². The first kappa shape index (κ1) is 24.1. The number of carbonyl (C=O) groups is 2. The van der Waals surface area contributed by atoms with E-state index in [1.54, 1.807) is 41.3 Å². The monoisotopic (exact) mass is 508 g/mol. The molecule has 3 aromatic carbocycles. The molecule has 2 unspecified atom stereocenters. The fourth-order valence-electron chi connectivity index (χ4n) is 6.23. The van der Waals surface area contributed by atoms with Gasteiger partial charge in [-0.3, -0.25) is 14.5 Å². The average molecular weight is 509 g/mol. The summed E-state index contributed by atoms with van der Waals surface area (Å²) in [6.45, 7) is 0.846. The normalized spacial score (nSPS) is 21.8. The van der Waals surface area contributed by atoms with Crippen molar-refractivity contribution in [1.82, 2.24) is 0 Å². The fraction of sp³-hybridized carbons (Fsp3) is 0.323. The maximum absolute atomic E-state index is 14.0. The van der Waals surface area contributed by atoms with Crippen LogP contribution in [0.4, 0.5) is 5.69 Å². The third-order valence-corrected chi connectivity index (χ3v) is 8.13. The van der Waals surface area contributed by atoms with E-state index in [-0.39, 0.29) is 5.91 Å². The summed E-state index contributed by atoms with van der Waals surface area (Å²) in [6.07, 6.45) is 4.81. The molecule has 7 nitrogen and oxygen atoms in total.